The maximum absolute atomic E-state index is 11.1. The van der Waals surface area contributed by atoms with Crippen molar-refractivity contribution in [2.45, 2.75) is 45.6 Å². The minimum atomic E-state index is 0.162. The molecule has 0 spiro atoms. The highest BCUT2D eigenvalue weighted by Crippen LogP contribution is 2.08. The van der Waals surface area contributed by atoms with Crippen molar-refractivity contribution in [2.24, 2.45) is 0 Å². The second-order valence-electron chi connectivity index (χ2n) is 5.21. The third-order valence-corrected chi connectivity index (χ3v) is 3.28. The van der Waals surface area contributed by atoms with Gasteiger partial charge in [0.1, 0.15) is 0 Å². The predicted octanol–water partition coefficient (Wildman–Crippen LogP) is 2.47. The van der Waals surface area contributed by atoms with Crippen molar-refractivity contribution in [1.29, 1.82) is 0 Å². The number of pyridine rings is 1. The molecular weight excluding hydrogens is 250 g/mol. The quantitative estimate of drug-likeness (QED) is 0.919. The number of likely N-dealkylation sites (tertiary alicyclic amines) is 1. The van der Waals surface area contributed by atoms with Gasteiger partial charge in [-0.25, -0.2) is 0 Å². The standard InChI is InChI=1S/C11H22N2O.C5H5N/c1-3-11(14)12-10(2)9-13-7-5-4-6-8-13;1-2-4-6-5-3-1/h10H,3-9H2,1-2H3,(H,12,14);1-5H. The van der Waals surface area contributed by atoms with Crippen LogP contribution in [0.5, 0.6) is 0 Å². The minimum Gasteiger partial charge on any atom is -0.352 e. The van der Waals surface area contributed by atoms with Crippen LogP contribution in [-0.2, 0) is 4.79 Å². The van der Waals surface area contributed by atoms with Crippen molar-refractivity contribution in [2.75, 3.05) is 19.6 Å². The van der Waals surface area contributed by atoms with Gasteiger partial charge in [0.25, 0.3) is 0 Å². The number of aromatic nitrogens is 1. The van der Waals surface area contributed by atoms with Crippen molar-refractivity contribution >= 4 is 5.91 Å². The van der Waals surface area contributed by atoms with Crippen LogP contribution in [0.4, 0.5) is 0 Å². The Balaban J connectivity index is 0.000000276. The summed E-state index contributed by atoms with van der Waals surface area (Å²) >= 11 is 0. The molecule has 1 aromatic rings. The topological polar surface area (TPSA) is 45.2 Å². The average Bonchev–Trinajstić information content (AvgIpc) is 2.50. The van der Waals surface area contributed by atoms with E-state index >= 15 is 0 Å². The van der Waals surface area contributed by atoms with Crippen molar-refractivity contribution < 1.29 is 4.79 Å². The number of nitrogens with one attached hydrogen (secondary N) is 1. The second kappa shape index (κ2) is 10.4. The number of carbonyl (C=O) groups is 1. The van der Waals surface area contributed by atoms with E-state index in [4.69, 9.17) is 0 Å². The molecule has 0 radical (unpaired) electrons. The fourth-order valence-electron chi connectivity index (χ4n) is 2.26. The number of hydrogen-bond acceptors (Lipinski definition) is 3. The predicted molar refractivity (Wildman–Crippen MR) is 82.4 cm³/mol. The highest BCUT2D eigenvalue weighted by atomic mass is 16.1. The van der Waals surface area contributed by atoms with Crippen LogP contribution in [0.25, 0.3) is 0 Å². The molecule has 1 unspecified atom stereocenters. The van der Waals surface area contributed by atoms with Crippen molar-refractivity contribution in [3.8, 4) is 0 Å². The lowest BCUT2D eigenvalue weighted by Crippen LogP contribution is -2.43. The van der Waals surface area contributed by atoms with Gasteiger partial charge in [-0.1, -0.05) is 19.4 Å². The molecule has 1 atom stereocenters. The van der Waals surface area contributed by atoms with Crippen LogP contribution in [0, 0.1) is 0 Å². The maximum atomic E-state index is 11.1. The lowest BCUT2D eigenvalue weighted by Gasteiger charge is -2.29. The van der Waals surface area contributed by atoms with Crippen LogP contribution in [0.1, 0.15) is 39.5 Å². The summed E-state index contributed by atoms with van der Waals surface area (Å²) in [5.74, 6) is 0.162. The molecule has 20 heavy (non-hydrogen) atoms. The number of nitrogens with zero attached hydrogens (tertiary/aromatic N) is 2. The highest BCUT2D eigenvalue weighted by Gasteiger charge is 2.13. The molecule has 4 heteroatoms. The number of carbonyl (C=O) groups excluding carboxylic acids is 1. The van der Waals surface area contributed by atoms with E-state index in [1.54, 1.807) is 12.4 Å². The molecule has 1 aliphatic rings. The molecule has 1 N–H and O–H groups in total. The van der Waals surface area contributed by atoms with E-state index in [1.807, 2.05) is 25.1 Å². The van der Waals surface area contributed by atoms with E-state index in [-0.39, 0.29) is 5.91 Å². The van der Waals surface area contributed by atoms with E-state index in [0.29, 0.717) is 12.5 Å². The summed E-state index contributed by atoms with van der Waals surface area (Å²) in [6.45, 7) is 7.38. The van der Waals surface area contributed by atoms with Crippen LogP contribution < -0.4 is 5.32 Å². The van der Waals surface area contributed by atoms with Gasteiger partial charge < -0.3 is 10.2 Å². The van der Waals surface area contributed by atoms with Crippen LogP contribution in [0.2, 0.25) is 0 Å². The molecule has 1 fully saturated rings. The van der Waals surface area contributed by atoms with Gasteiger partial charge in [-0.3, -0.25) is 9.78 Å². The molecule has 2 rings (SSSR count). The van der Waals surface area contributed by atoms with Crippen LogP contribution in [0.3, 0.4) is 0 Å². The molecule has 1 aliphatic heterocycles. The molecule has 1 aromatic heterocycles. The summed E-state index contributed by atoms with van der Waals surface area (Å²) < 4.78 is 0. The molecular formula is C16H27N3O. The Hall–Kier alpha value is -1.42. The zero-order chi connectivity index (χ0) is 14.6. The highest BCUT2D eigenvalue weighted by molar-refractivity contribution is 5.75. The normalized spacial score (nSPS) is 16.7. The van der Waals surface area contributed by atoms with Gasteiger partial charge in [-0.15, -0.1) is 0 Å². The Kier molecular flexibility index (Phi) is 8.63. The van der Waals surface area contributed by atoms with Crippen molar-refractivity contribution in [1.82, 2.24) is 15.2 Å². The molecule has 2 heterocycles. The van der Waals surface area contributed by atoms with Gasteiger partial charge in [-0.05, 0) is 45.0 Å². The number of amides is 1. The monoisotopic (exact) mass is 277 g/mol. The number of rotatable bonds is 4. The van der Waals surface area contributed by atoms with Crippen LogP contribution in [-0.4, -0.2) is 41.5 Å². The smallest absolute Gasteiger partial charge is 0.219 e. The fraction of sp³-hybridized carbons (Fsp3) is 0.625. The zero-order valence-corrected chi connectivity index (χ0v) is 12.7. The lowest BCUT2D eigenvalue weighted by molar-refractivity contribution is -0.121. The Morgan fingerprint density at radius 2 is 1.85 bits per heavy atom. The maximum Gasteiger partial charge on any atom is 0.219 e. The molecule has 1 amide bonds. The lowest BCUT2D eigenvalue weighted by atomic mass is 10.1. The van der Waals surface area contributed by atoms with E-state index in [9.17, 15) is 4.79 Å². The summed E-state index contributed by atoms with van der Waals surface area (Å²) in [7, 11) is 0. The van der Waals surface area contributed by atoms with Gasteiger partial charge in [0.2, 0.25) is 5.91 Å². The third-order valence-electron chi connectivity index (χ3n) is 3.28. The second-order valence-corrected chi connectivity index (χ2v) is 5.21. The largest absolute Gasteiger partial charge is 0.352 e. The van der Waals surface area contributed by atoms with Crippen molar-refractivity contribution in [3.63, 3.8) is 0 Å². The number of piperidine rings is 1. The third kappa shape index (κ3) is 7.89. The van der Waals surface area contributed by atoms with Crippen molar-refractivity contribution in [3.05, 3.63) is 30.6 Å². The first-order valence-electron chi connectivity index (χ1n) is 7.59. The van der Waals surface area contributed by atoms with E-state index < -0.39 is 0 Å². The van der Waals surface area contributed by atoms with E-state index in [0.717, 1.165) is 6.54 Å². The number of hydrogen-bond donors (Lipinski definition) is 1. The summed E-state index contributed by atoms with van der Waals surface area (Å²) in [4.78, 5) is 17.4. The summed E-state index contributed by atoms with van der Waals surface area (Å²) in [6.07, 6.45) is 8.08. The molecule has 4 nitrogen and oxygen atoms in total. The average molecular weight is 277 g/mol. The zero-order valence-electron chi connectivity index (χ0n) is 12.7. The summed E-state index contributed by atoms with van der Waals surface area (Å²) in [6, 6.07) is 6.01. The van der Waals surface area contributed by atoms with Gasteiger partial charge in [-0.2, -0.15) is 0 Å². The van der Waals surface area contributed by atoms with E-state index in [2.05, 4.69) is 22.1 Å². The Bertz CT molecular complexity index is 323. The Labute approximate surface area is 122 Å². The molecule has 0 saturated carbocycles. The van der Waals surface area contributed by atoms with Gasteiger partial charge in [0.15, 0.2) is 0 Å². The molecule has 0 aliphatic carbocycles. The first-order chi connectivity index (χ1) is 9.72. The summed E-state index contributed by atoms with van der Waals surface area (Å²) in [5, 5.41) is 3.00. The fourth-order valence-corrected chi connectivity index (χ4v) is 2.26. The Morgan fingerprint density at radius 1 is 1.20 bits per heavy atom. The van der Waals surface area contributed by atoms with Crippen LogP contribution >= 0.6 is 0 Å². The minimum absolute atomic E-state index is 0.162. The first kappa shape index (κ1) is 16.6. The Morgan fingerprint density at radius 3 is 2.30 bits per heavy atom. The molecule has 1 saturated heterocycles. The summed E-state index contributed by atoms with van der Waals surface area (Å²) in [5.41, 5.74) is 0. The van der Waals surface area contributed by atoms with Gasteiger partial charge in [0.05, 0.1) is 0 Å². The molecule has 112 valence electrons. The first-order valence-corrected chi connectivity index (χ1v) is 7.59. The van der Waals surface area contributed by atoms with E-state index in [1.165, 1.54) is 32.4 Å². The molecule has 0 bridgehead atoms. The van der Waals surface area contributed by atoms with Gasteiger partial charge in [0, 0.05) is 31.4 Å². The van der Waals surface area contributed by atoms with Crippen LogP contribution in [0.15, 0.2) is 30.6 Å². The van der Waals surface area contributed by atoms with Gasteiger partial charge >= 0.3 is 0 Å². The SMILES string of the molecule is CCC(=O)NC(C)CN1CCCCC1.c1ccncc1. The molecule has 0 aromatic carbocycles.